The van der Waals surface area contributed by atoms with Crippen molar-refractivity contribution in [1.82, 2.24) is 9.80 Å². The van der Waals surface area contributed by atoms with Crippen molar-refractivity contribution in [3.8, 4) is 5.75 Å². The summed E-state index contributed by atoms with van der Waals surface area (Å²) in [6, 6.07) is 7.50. The number of amides is 2. The molecule has 1 aromatic heterocycles. The molecule has 1 unspecified atom stereocenters. The second kappa shape index (κ2) is 10.9. The van der Waals surface area contributed by atoms with E-state index in [0.29, 0.717) is 31.3 Å². The van der Waals surface area contributed by atoms with E-state index in [1.165, 1.54) is 4.88 Å². The lowest BCUT2D eigenvalue weighted by Crippen LogP contribution is -2.48. The quantitative estimate of drug-likeness (QED) is 0.460. The molecule has 2 heterocycles. The number of halogens is 1. The van der Waals surface area contributed by atoms with Crippen LogP contribution in [0.25, 0.3) is 0 Å². The van der Waals surface area contributed by atoms with Gasteiger partial charge in [-0.1, -0.05) is 11.6 Å². The average Bonchev–Trinajstić information content (AvgIpc) is 3.55. The normalized spacial score (nSPS) is 17.5. The molecule has 1 atom stereocenters. The van der Waals surface area contributed by atoms with Crippen molar-refractivity contribution in [3.05, 3.63) is 50.7 Å². The van der Waals surface area contributed by atoms with Gasteiger partial charge in [0.05, 0.1) is 12.6 Å². The topological polar surface area (TPSA) is 59.1 Å². The number of fused-ring (bicyclic) bond motifs is 1. The van der Waals surface area contributed by atoms with Crippen LogP contribution in [0.1, 0.15) is 41.3 Å². The molecule has 0 N–H and O–H groups in total. The number of carbonyl (C=O) groups is 2. The molecule has 1 aromatic carbocycles. The smallest absolute Gasteiger partial charge is 0.242 e. The van der Waals surface area contributed by atoms with Crippen LogP contribution < -0.4 is 4.74 Å². The summed E-state index contributed by atoms with van der Waals surface area (Å²) in [5.74, 6) is 0.880. The lowest BCUT2D eigenvalue weighted by molar-refractivity contribution is -0.143. The highest BCUT2D eigenvalue weighted by atomic mass is 35.5. The van der Waals surface area contributed by atoms with E-state index in [1.54, 1.807) is 23.3 Å². The number of hydrogen-bond acceptors (Lipinski definition) is 5. The summed E-state index contributed by atoms with van der Waals surface area (Å²) < 4.78 is 11.3. The SMILES string of the molecule is COCCCN(CC(=O)N1CCc2sccc2C1COc1ccc(Cl)c(C)c1)C(=O)C1CC1. The molecule has 2 amide bonds. The number of rotatable bonds is 10. The Morgan fingerprint density at radius 3 is 2.82 bits per heavy atom. The standard InChI is InChI=1S/C25H31ClN2O4S/c1-17-14-19(6-7-21(17)26)32-16-22-20-9-13-33-23(20)8-11-28(22)24(29)15-27(10-3-12-31-2)25(30)18-4-5-18/h6-7,9,13-14,18,22H,3-5,8,10-12,15-16H2,1-2H3. The van der Waals surface area contributed by atoms with Crippen LogP contribution in [0.4, 0.5) is 0 Å². The van der Waals surface area contributed by atoms with Crippen LogP contribution in [0.15, 0.2) is 29.6 Å². The lowest BCUT2D eigenvalue weighted by atomic mass is 10.0. The largest absolute Gasteiger partial charge is 0.491 e. The van der Waals surface area contributed by atoms with E-state index in [4.69, 9.17) is 21.1 Å². The zero-order valence-electron chi connectivity index (χ0n) is 19.2. The summed E-state index contributed by atoms with van der Waals surface area (Å²) in [4.78, 5) is 31.2. The molecule has 0 spiro atoms. The van der Waals surface area contributed by atoms with E-state index in [0.717, 1.165) is 42.6 Å². The highest BCUT2D eigenvalue weighted by Gasteiger charge is 2.37. The second-order valence-electron chi connectivity index (χ2n) is 8.75. The summed E-state index contributed by atoms with van der Waals surface area (Å²) in [6.07, 6.45) is 3.40. The predicted octanol–water partition coefficient (Wildman–Crippen LogP) is 4.49. The summed E-state index contributed by atoms with van der Waals surface area (Å²) in [5.41, 5.74) is 2.09. The van der Waals surface area contributed by atoms with Gasteiger partial charge in [0, 0.05) is 42.6 Å². The minimum absolute atomic E-state index is 0.0286. The number of thiophene rings is 1. The Labute approximate surface area is 204 Å². The van der Waals surface area contributed by atoms with Crippen LogP contribution in [0.5, 0.6) is 5.75 Å². The van der Waals surface area contributed by atoms with E-state index in [2.05, 4.69) is 11.4 Å². The molecule has 1 aliphatic carbocycles. The van der Waals surface area contributed by atoms with Crippen LogP contribution in [-0.4, -0.2) is 61.6 Å². The molecule has 0 saturated heterocycles. The van der Waals surface area contributed by atoms with Gasteiger partial charge in [0.15, 0.2) is 0 Å². The first kappa shape index (κ1) is 24.0. The van der Waals surface area contributed by atoms with Crippen molar-refractivity contribution >= 4 is 34.8 Å². The Bertz CT molecular complexity index is 991. The molecule has 4 rings (SSSR count). The van der Waals surface area contributed by atoms with Crippen molar-refractivity contribution < 1.29 is 19.1 Å². The van der Waals surface area contributed by atoms with Crippen LogP contribution in [0, 0.1) is 12.8 Å². The van der Waals surface area contributed by atoms with Crippen LogP contribution >= 0.6 is 22.9 Å². The highest BCUT2D eigenvalue weighted by molar-refractivity contribution is 7.10. The van der Waals surface area contributed by atoms with Gasteiger partial charge in [0.1, 0.15) is 12.4 Å². The number of nitrogens with zero attached hydrogens (tertiary/aromatic N) is 2. The third-order valence-corrected chi connectivity index (χ3v) is 7.71. The van der Waals surface area contributed by atoms with E-state index in [9.17, 15) is 9.59 Å². The molecule has 2 aromatic rings. The minimum Gasteiger partial charge on any atom is -0.491 e. The zero-order valence-corrected chi connectivity index (χ0v) is 20.8. The third kappa shape index (κ3) is 5.89. The molecule has 33 heavy (non-hydrogen) atoms. The average molecular weight is 491 g/mol. The molecule has 0 radical (unpaired) electrons. The Balaban J connectivity index is 1.47. The first-order chi connectivity index (χ1) is 16.0. The Hall–Kier alpha value is -2.09. The van der Waals surface area contributed by atoms with Gasteiger partial charge in [-0.05, 0) is 73.4 Å². The fourth-order valence-corrected chi connectivity index (χ4v) is 5.31. The number of ether oxygens (including phenoxy) is 2. The first-order valence-electron chi connectivity index (χ1n) is 11.5. The Morgan fingerprint density at radius 1 is 1.27 bits per heavy atom. The van der Waals surface area contributed by atoms with Crippen molar-refractivity contribution in [3.63, 3.8) is 0 Å². The highest BCUT2D eigenvalue weighted by Crippen LogP contribution is 2.35. The number of methoxy groups -OCH3 is 1. The summed E-state index contributed by atoms with van der Waals surface area (Å²) in [5, 5.41) is 2.78. The molecule has 1 fully saturated rings. The second-order valence-corrected chi connectivity index (χ2v) is 10.2. The van der Waals surface area contributed by atoms with E-state index in [-0.39, 0.29) is 30.3 Å². The maximum absolute atomic E-state index is 13.5. The van der Waals surface area contributed by atoms with Crippen molar-refractivity contribution in [2.45, 2.75) is 38.6 Å². The van der Waals surface area contributed by atoms with Gasteiger partial charge < -0.3 is 19.3 Å². The van der Waals surface area contributed by atoms with E-state index < -0.39 is 0 Å². The molecule has 8 heteroatoms. The molecular formula is C25H31ClN2O4S. The molecule has 1 saturated carbocycles. The molecule has 1 aliphatic heterocycles. The van der Waals surface area contributed by atoms with Gasteiger partial charge in [-0.2, -0.15) is 0 Å². The van der Waals surface area contributed by atoms with E-state index in [1.807, 2.05) is 30.0 Å². The fraction of sp³-hybridized carbons (Fsp3) is 0.520. The predicted molar refractivity (Wildman–Crippen MR) is 130 cm³/mol. The Kier molecular flexibility index (Phi) is 7.94. The number of aryl methyl sites for hydroxylation is 1. The fourth-order valence-electron chi connectivity index (χ4n) is 4.27. The molecule has 2 aliphatic rings. The first-order valence-corrected chi connectivity index (χ1v) is 12.8. The maximum atomic E-state index is 13.5. The van der Waals surface area contributed by atoms with Crippen molar-refractivity contribution in [2.75, 3.05) is 40.0 Å². The molecule has 178 valence electrons. The van der Waals surface area contributed by atoms with Gasteiger partial charge in [-0.3, -0.25) is 9.59 Å². The van der Waals surface area contributed by atoms with Crippen LogP contribution in [0.3, 0.4) is 0 Å². The number of hydrogen-bond donors (Lipinski definition) is 0. The number of carbonyl (C=O) groups excluding carboxylic acids is 2. The van der Waals surface area contributed by atoms with Gasteiger partial charge in [-0.25, -0.2) is 0 Å². The number of benzene rings is 1. The van der Waals surface area contributed by atoms with Gasteiger partial charge in [0.25, 0.3) is 0 Å². The van der Waals surface area contributed by atoms with Crippen molar-refractivity contribution in [1.29, 1.82) is 0 Å². The van der Waals surface area contributed by atoms with Gasteiger partial charge >= 0.3 is 0 Å². The summed E-state index contributed by atoms with van der Waals surface area (Å²) in [6.45, 7) is 4.15. The maximum Gasteiger partial charge on any atom is 0.242 e. The Morgan fingerprint density at radius 2 is 2.09 bits per heavy atom. The van der Waals surface area contributed by atoms with Gasteiger partial charge in [0.2, 0.25) is 11.8 Å². The monoisotopic (exact) mass is 490 g/mol. The minimum atomic E-state index is -0.180. The third-order valence-electron chi connectivity index (χ3n) is 6.29. The molecular weight excluding hydrogens is 460 g/mol. The zero-order chi connectivity index (χ0) is 23.4. The van der Waals surface area contributed by atoms with E-state index >= 15 is 0 Å². The van der Waals surface area contributed by atoms with Crippen LogP contribution in [-0.2, 0) is 20.7 Å². The van der Waals surface area contributed by atoms with Gasteiger partial charge in [-0.15, -0.1) is 11.3 Å². The van der Waals surface area contributed by atoms with Crippen molar-refractivity contribution in [2.24, 2.45) is 5.92 Å². The van der Waals surface area contributed by atoms with Crippen LogP contribution in [0.2, 0.25) is 5.02 Å². The lowest BCUT2D eigenvalue weighted by Gasteiger charge is -2.37. The summed E-state index contributed by atoms with van der Waals surface area (Å²) >= 11 is 7.87. The molecule has 0 bridgehead atoms. The summed E-state index contributed by atoms with van der Waals surface area (Å²) in [7, 11) is 1.65. The molecule has 6 nitrogen and oxygen atoms in total.